The Morgan fingerprint density at radius 1 is 0.467 bits per heavy atom. The Morgan fingerprint density at radius 2 is 0.633 bits per heavy atom. The van der Waals surface area contributed by atoms with Crippen molar-refractivity contribution in [2.75, 3.05) is 56.4 Å². The number of hydrogen-bond acceptors (Lipinski definition) is 8. The topological polar surface area (TPSA) is 118 Å². The van der Waals surface area contributed by atoms with Gasteiger partial charge in [0.2, 0.25) is 23.0 Å². The molecule has 4 amide bonds. The first-order valence-electron chi connectivity index (χ1n) is 8.88. The molecule has 0 N–H and O–H groups in total. The molecule has 0 bridgehead atoms. The van der Waals surface area contributed by atoms with Crippen molar-refractivity contribution in [1.82, 2.24) is 19.6 Å². The first-order valence-corrected chi connectivity index (χ1v) is 8.88. The second-order valence-electron chi connectivity index (χ2n) is 7.32. The van der Waals surface area contributed by atoms with Gasteiger partial charge in [-0.15, -0.1) is 0 Å². The van der Waals surface area contributed by atoms with Crippen LogP contribution in [-0.4, -0.2) is 114 Å². The minimum Gasteiger partial charge on any atom is -0.520 e. The molecule has 0 saturated carbocycles. The van der Waals surface area contributed by atoms with E-state index in [1.165, 1.54) is 76.0 Å². The summed E-state index contributed by atoms with van der Waals surface area (Å²) in [6, 6.07) is 0. The van der Waals surface area contributed by atoms with Gasteiger partial charge in [-0.05, 0) is 0 Å². The normalized spacial score (nSPS) is 15.2. The SMILES string of the molecule is CN(C)C(=O)C1=C(C(=O)N(C)C)OB(B2OC(C(=O)N(C)C)=C(C(=O)N(C)C)O2)O1. The number of nitrogens with zero attached hydrogens (tertiary/aromatic N) is 4. The Labute approximate surface area is 175 Å². The van der Waals surface area contributed by atoms with E-state index in [1.807, 2.05) is 0 Å². The van der Waals surface area contributed by atoms with Crippen LogP contribution >= 0.6 is 0 Å². The zero-order valence-electron chi connectivity index (χ0n) is 18.2. The first kappa shape index (κ1) is 23.0. The highest BCUT2D eigenvalue weighted by atomic mass is 16.7. The zero-order valence-corrected chi connectivity index (χ0v) is 18.2. The molecule has 0 radical (unpaired) electrons. The van der Waals surface area contributed by atoms with Gasteiger partial charge in [0.25, 0.3) is 23.6 Å². The van der Waals surface area contributed by atoms with E-state index in [0.29, 0.717) is 0 Å². The lowest BCUT2D eigenvalue weighted by Crippen LogP contribution is -2.42. The zero-order chi connectivity index (χ0) is 22.9. The third kappa shape index (κ3) is 4.31. The summed E-state index contributed by atoms with van der Waals surface area (Å²) in [5.74, 6) is -3.75. The van der Waals surface area contributed by atoms with E-state index in [4.69, 9.17) is 18.6 Å². The summed E-state index contributed by atoms with van der Waals surface area (Å²) < 4.78 is 22.1. The fourth-order valence-corrected chi connectivity index (χ4v) is 2.35. The smallest absolute Gasteiger partial charge is 0.520 e. The molecule has 0 aromatic rings. The van der Waals surface area contributed by atoms with Crippen LogP contribution in [0.5, 0.6) is 0 Å². The average Bonchev–Trinajstić information content (AvgIpc) is 3.29. The van der Waals surface area contributed by atoms with Gasteiger partial charge in [0.05, 0.1) is 0 Å². The summed E-state index contributed by atoms with van der Waals surface area (Å²) in [5.41, 5.74) is 0. The fraction of sp³-hybridized carbons (Fsp3) is 0.500. The minimum atomic E-state index is -1.40. The standard InChI is InChI=1S/C16H24B2N4O8/c1-19(2)13(23)9-10(14(24)20(3)4)28-17(27-9)18-29-11(15(25)21(5)6)12(30-18)16(26)22(7)8/h1-8H3. The van der Waals surface area contributed by atoms with Crippen molar-refractivity contribution in [2.24, 2.45) is 0 Å². The van der Waals surface area contributed by atoms with Crippen LogP contribution < -0.4 is 0 Å². The maximum Gasteiger partial charge on any atom is 0.658 e. The van der Waals surface area contributed by atoms with Crippen LogP contribution in [-0.2, 0) is 37.8 Å². The maximum atomic E-state index is 12.4. The maximum absolute atomic E-state index is 12.4. The molecule has 0 saturated heterocycles. The van der Waals surface area contributed by atoms with Gasteiger partial charge in [0.15, 0.2) is 0 Å². The quantitative estimate of drug-likeness (QED) is 0.463. The molecule has 12 nitrogen and oxygen atoms in total. The lowest BCUT2D eigenvalue weighted by atomic mass is 9.49. The summed E-state index contributed by atoms with van der Waals surface area (Å²) in [6.07, 6.45) is 0. The summed E-state index contributed by atoms with van der Waals surface area (Å²) in [6.45, 7) is 0. The van der Waals surface area contributed by atoms with Crippen LogP contribution in [0.15, 0.2) is 23.0 Å². The highest BCUT2D eigenvalue weighted by molar-refractivity contribution is 7.11. The fourth-order valence-electron chi connectivity index (χ4n) is 2.35. The van der Waals surface area contributed by atoms with Gasteiger partial charge >= 0.3 is 14.0 Å². The van der Waals surface area contributed by atoms with Crippen molar-refractivity contribution in [1.29, 1.82) is 0 Å². The Bertz CT molecular complexity index is 705. The van der Waals surface area contributed by atoms with E-state index >= 15 is 0 Å². The van der Waals surface area contributed by atoms with Crippen LogP contribution in [0.4, 0.5) is 0 Å². The molecule has 0 atom stereocenters. The van der Waals surface area contributed by atoms with E-state index in [2.05, 4.69) is 0 Å². The van der Waals surface area contributed by atoms with Crippen LogP contribution in [0.1, 0.15) is 0 Å². The summed E-state index contributed by atoms with van der Waals surface area (Å²) in [7, 11) is 9.05. The number of carbonyl (C=O) groups excluding carboxylic acids is 4. The van der Waals surface area contributed by atoms with Crippen molar-refractivity contribution in [3.8, 4) is 0 Å². The van der Waals surface area contributed by atoms with Crippen LogP contribution in [0.25, 0.3) is 0 Å². The van der Waals surface area contributed by atoms with Gasteiger partial charge in [0.1, 0.15) is 0 Å². The number of rotatable bonds is 5. The van der Waals surface area contributed by atoms with Gasteiger partial charge in [0, 0.05) is 56.4 Å². The number of amides is 4. The monoisotopic (exact) mass is 422 g/mol. The van der Waals surface area contributed by atoms with Crippen LogP contribution in [0.3, 0.4) is 0 Å². The molecule has 2 heterocycles. The van der Waals surface area contributed by atoms with Crippen molar-refractivity contribution >= 4 is 37.6 Å². The molecule has 0 aromatic carbocycles. The van der Waals surface area contributed by atoms with Gasteiger partial charge < -0.3 is 38.2 Å². The van der Waals surface area contributed by atoms with E-state index in [-0.39, 0.29) is 23.0 Å². The van der Waals surface area contributed by atoms with Crippen molar-refractivity contribution in [3.63, 3.8) is 0 Å². The molecule has 0 fully saturated rings. The Kier molecular flexibility index (Phi) is 6.58. The summed E-state index contributed by atoms with van der Waals surface area (Å²) in [4.78, 5) is 54.6. The summed E-state index contributed by atoms with van der Waals surface area (Å²) in [5, 5.41) is 0. The molecular formula is C16H24B2N4O8. The average molecular weight is 422 g/mol. The predicted octanol–water partition coefficient (Wildman–Crippen LogP) is -2.09. The first-order chi connectivity index (χ1) is 13.9. The highest BCUT2D eigenvalue weighted by Crippen LogP contribution is 2.30. The van der Waals surface area contributed by atoms with Crippen molar-refractivity contribution < 1.29 is 37.8 Å². The molecule has 0 aromatic heterocycles. The van der Waals surface area contributed by atoms with Gasteiger partial charge in [-0.2, -0.15) is 0 Å². The van der Waals surface area contributed by atoms with Crippen molar-refractivity contribution in [3.05, 3.63) is 23.0 Å². The van der Waals surface area contributed by atoms with Crippen LogP contribution in [0, 0.1) is 0 Å². The molecule has 14 heteroatoms. The van der Waals surface area contributed by atoms with Crippen LogP contribution in [0.2, 0.25) is 0 Å². The molecular weight excluding hydrogens is 398 g/mol. The number of hydrogen-bond donors (Lipinski definition) is 0. The second-order valence-corrected chi connectivity index (χ2v) is 7.32. The van der Waals surface area contributed by atoms with E-state index in [1.54, 1.807) is 0 Å². The Hall–Kier alpha value is -3.31. The predicted molar refractivity (Wildman–Crippen MR) is 105 cm³/mol. The van der Waals surface area contributed by atoms with E-state index in [0.717, 1.165) is 0 Å². The minimum absolute atomic E-state index is 0.330. The lowest BCUT2D eigenvalue weighted by molar-refractivity contribution is -0.129. The highest BCUT2D eigenvalue weighted by Gasteiger charge is 2.60. The Balaban J connectivity index is 2.32. The number of carbonyl (C=O) groups is 4. The summed E-state index contributed by atoms with van der Waals surface area (Å²) >= 11 is 0. The molecule has 0 aliphatic carbocycles. The van der Waals surface area contributed by atoms with Gasteiger partial charge in [-0.25, -0.2) is 0 Å². The lowest BCUT2D eigenvalue weighted by Gasteiger charge is -2.13. The molecule has 162 valence electrons. The third-order valence-electron chi connectivity index (χ3n) is 3.97. The molecule has 2 rings (SSSR count). The molecule has 2 aliphatic rings. The van der Waals surface area contributed by atoms with Crippen molar-refractivity contribution in [2.45, 2.75) is 0 Å². The second kappa shape index (κ2) is 8.59. The Morgan fingerprint density at radius 3 is 0.767 bits per heavy atom. The molecule has 0 unspecified atom stereocenters. The van der Waals surface area contributed by atoms with Gasteiger partial charge in [-0.1, -0.05) is 0 Å². The molecule has 2 aliphatic heterocycles. The van der Waals surface area contributed by atoms with Gasteiger partial charge in [-0.3, -0.25) is 19.2 Å². The number of likely N-dealkylation sites (N-methyl/N-ethyl adjacent to an activating group) is 4. The largest absolute Gasteiger partial charge is 0.658 e. The third-order valence-corrected chi connectivity index (χ3v) is 3.97. The molecule has 30 heavy (non-hydrogen) atoms. The van der Waals surface area contributed by atoms with E-state index in [9.17, 15) is 19.2 Å². The van der Waals surface area contributed by atoms with E-state index < -0.39 is 37.6 Å². The molecule has 0 spiro atoms.